The van der Waals surface area contributed by atoms with Crippen LogP contribution >= 0.6 is 0 Å². The number of hydrogen-bond donors (Lipinski definition) is 1. The van der Waals surface area contributed by atoms with Crippen LogP contribution in [0.15, 0.2) is 71.6 Å². The van der Waals surface area contributed by atoms with E-state index in [1.165, 1.54) is 0 Å². The molecule has 4 heteroatoms. The number of nitrogens with one attached hydrogen (secondary N) is 1. The van der Waals surface area contributed by atoms with Crippen molar-refractivity contribution in [2.24, 2.45) is 0 Å². The molecular weight excluding hydrogens is 312 g/mol. The molecule has 0 saturated heterocycles. The van der Waals surface area contributed by atoms with Crippen LogP contribution in [0, 0.1) is 0 Å². The molecule has 2 aromatic heterocycles. The smallest absolute Gasteiger partial charge is 0.224 e. The van der Waals surface area contributed by atoms with Crippen LogP contribution in [-0.4, -0.2) is 17.4 Å². The van der Waals surface area contributed by atoms with Gasteiger partial charge >= 0.3 is 0 Å². The first-order valence-corrected chi connectivity index (χ1v) is 8.35. The number of rotatable bonds is 5. The Hall–Kier alpha value is -3.14. The van der Waals surface area contributed by atoms with Gasteiger partial charge < -0.3 is 9.73 Å². The summed E-state index contributed by atoms with van der Waals surface area (Å²) < 4.78 is 5.64. The molecule has 0 fully saturated rings. The lowest BCUT2D eigenvalue weighted by Gasteiger charge is -2.05. The number of carbonyl (C=O) groups excluding carboxylic acids is 1. The van der Waals surface area contributed by atoms with Gasteiger partial charge in [0.25, 0.3) is 0 Å². The number of hydrogen-bond acceptors (Lipinski definition) is 3. The maximum atomic E-state index is 12.3. The van der Waals surface area contributed by atoms with E-state index in [0.29, 0.717) is 13.0 Å². The fourth-order valence-electron chi connectivity index (χ4n) is 3.13. The minimum absolute atomic E-state index is 0.000440. The van der Waals surface area contributed by atoms with E-state index in [-0.39, 0.29) is 5.91 Å². The summed E-state index contributed by atoms with van der Waals surface area (Å²) >= 11 is 0. The second kappa shape index (κ2) is 6.77. The molecule has 0 bridgehead atoms. The molecule has 1 amide bonds. The number of amides is 1. The van der Waals surface area contributed by atoms with Gasteiger partial charge in [0.15, 0.2) is 0 Å². The summed E-state index contributed by atoms with van der Waals surface area (Å²) in [6.07, 6.45) is 6.35. The average Bonchev–Trinajstić information content (AvgIpc) is 3.06. The van der Waals surface area contributed by atoms with Crippen LogP contribution < -0.4 is 5.32 Å². The second-order valence-corrected chi connectivity index (χ2v) is 6.06. The Morgan fingerprint density at radius 1 is 1.08 bits per heavy atom. The van der Waals surface area contributed by atoms with Gasteiger partial charge in [-0.3, -0.25) is 9.78 Å². The molecule has 25 heavy (non-hydrogen) atoms. The van der Waals surface area contributed by atoms with Crippen molar-refractivity contribution in [3.63, 3.8) is 0 Å². The number of benzene rings is 2. The number of fused-ring (bicyclic) bond motifs is 3. The summed E-state index contributed by atoms with van der Waals surface area (Å²) in [4.78, 5) is 16.4. The van der Waals surface area contributed by atoms with Crippen molar-refractivity contribution in [1.29, 1.82) is 0 Å². The van der Waals surface area contributed by atoms with Crippen molar-refractivity contribution in [3.8, 4) is 0 Å². The van der Waals surface area contributed by atoms with E-state index in [9.17, 15) is 4.79 Å². The van der Waals surface area contributed by atoms with E-state index in [2.05, 4.69) is 22.4 Å². The van der Waals surface area contributed by atoms with Gasteiger partial charge in [0.1, 0.15) is 5.58 Å². The molecule has 4 rings (SSSR count). The number of pyridine rings is 1. The number of furan rings is 1. The van der Waals surface area contributed by atoms with Gasteiger partial charge in [-0.1, -0.05) is 36.4 Å². The highest BCUT2D eigenvalue weighted by Crippen LogP contribution is 2.30. The molecule has 1 N–H and O–H groups in total. The maximum absolute atomic E-state index is 12.3. The zero-order chi connectivity index (χ0) is 17.1. The predicted molar refractivity (Wildman–Crippen MR) is 98.4 cm³/mol. The SMILES string of the molecule is O=C(Cc1coc2ccc3ccccc3c12)NCCc1cccnc1. The van der Waals surface area contributed by atoms with E-state index in [4.69, 9.17) is 4.42 Å². The van der Waals surface area contributed by atoms with Gasteiger partial charge in [-0.05, 0) is 34.9 Å². The zero-order valence-corrected chi connectivity index (χ0v) is 13.7. The first-order chi connectivity index (χ1) is 12.3. The molecule has 0 aliphatic heterocycles. The summed E-state index contributed by atoms with van der Waals surface area (Å²) in [5.74, 6) is -0.000440. The van der Waals surface area contributed by atoms with Crippen molar-refractivity contribution >= 4 is 27.6 Å². The first-order valence-electron chi connectivity index (χ1n) is 8.35. The maximum Gasteiger partial charge on any atom is 0.224 e. The molecule has 124 valence electrons. The fourth-order valence-corrected chi connectivity index (χ4v) is 3.13. The summed E-state index contributed by atoms with van der Waals surface area (Å²) in [6.45, 7) is 0.598. The van der Waals surface area contributed by atoms with Crippen LogP contribution in [0.1, 0.15) is 11.1 Å². The van der Waals surface area contributed by atoms with E-state index >= 15 is 0 Å². The van der Waals surface area contributed by atoms with Crippen molar-refractivity contribution < 1.29 is 9.21 Å². The van der Waals surface area contributed by atoms with Gasteiger partial charge in [-0.2, -0.15) is 0 Å². The molecule has 4 aromatic rings. The molecule has 0 aliphatic carbocycles. The number of aromatic nitrogens is 1. The summed E-state index contributed by atoms with van der Waals surface area (Å²) in [6, 6.07) is 16.1. The monoisotopic (exact) mass is 330 g/mol. The Labute approximate surface area is 145 Å². The lowest BCUT2D eigenvalue weighted by molar-refractivity contribution is -0.120. The molecule has 0 spiro atoms. The van der Waals surface area contributed by atoms with E-state index in [1.54, 1.807) is 12.5 Å². The second-order valence-electron chi connectivity index (χ2n) is 6.06. The van der Waals surface area contributed by atoms with Crippen molar-refractivity contribution in [3.05, 3.63) is 78.3 Å². The molecule has 2 aromatic carbocycles. The fraction of sp³-hybridized carbons (Fsp3) is 0.143. The van der Waals surface area contributed by atoms with Gasteiger partial charge in [0, 0.05) is 29.9 Å². The Morgan fingerprint density at radius 2 is 2.00 bits per heavy atom. The first kappa shape index (κ1) is 15.4. The van der Waals surface area contributed by atoms with Gasteiger partial charge in [0.2, 0.25) is 5.91 Å². The molecule has 0 saturated carbocycles. The molecule has 2 heterocycles. The highest BCUT2D eigenvalue weighted by molar-refractivity contribution is 6.08. The third kappa shape index (κ3) is 3.24. The summed E-state index contributed by atoms with van der Waals surface area (Å²) in [7, 11) is 0. The van der Waals surface area contributed by atoms with Crippen molar-refractivity contribution in [1.82, 2.24) is 10.3 Å². The minimum Gasteiger partial charge on any atom is -0.464 e. The van der Waals surface area contributed by atoms with Gasteiger partial charge in [0.05, 0.1) is 12.7 Å². The molecule has 0 atom stereocenters. The molecular formula is C21H18N2O2. The van der Waals surface area contributed by atoms with Crippen LogP contribution in [0.3, 0.4) is 0 Å². The Kier molecular flexibility index (Phi) is 4.17. The largest absolute Gasteiger partial charge is 0.464 e. The third-order valence-electron chi connectivity index (χ3n) is 4.35. The zero-order valence-electron chi connectivity index (χ0n) is 13.7. The molecule has 0 radical (unpaired) electrons. The molecule has 0 unspecified atom stereocenters. The summed E-state index contributed by atoms with van der Waals surface area (Å²) in [5, 5.41) is 6.27. The van der Waals surface area contributed by atoms with E-state index in [1.807, 2.05) is 42.6 Å². The highest BCUT2D eigenvalue weighted by atomic mass is 16.3. The Morgan fingerprint density at radius 3 is 2.88 bits per heavy atom. The summed E-state index contributed by atoms with van der Waals surface area (Å²) in [5.41, 5.74) is 2.85. The number of carbonyl (C=O) groups is 1. The van der Waals surface area contributed by atoms with Gasteiger partial charge in [-0.15, -0.1) is 0 Å². The Bertz CT molecular complexity index is 1020. The molecule has 0 aliphatic rings. The minimum atomic E-state index is -0.000440. The lowest BCUT2D eigenvalue weighted by Crippen LogP contribution is -2.27. The van der Waals surface area contributed by atoms with Crippen LogP contribution in [0.2, 0.25) is 0 Å². The van der Waals surface area contributed by atoms with Crippen LogP contribution in [0.5, 0.6) is 0 Å². The van der Waals surface area contributed by atoms with Gasteiger partial charge in [-0.25, -0.2) is 0 Å². The van der Waals surface area contributed by atoms with Crippen LogP contribution in [-0.2, 0) is 17.6 Å². The van der Waals surface area contributed by atoms with Crippen molar-refractivity contribution in [2.45, 2.75) is 12.8 Å². The highest BCUT2D eigenvalue weighted by Gasteiger charge is 2.12. The normalized spacial score (nSPS) is 11.0. The van der Waals surface area contributed by atoms with Crippen molar-refractivity contribution in [2.75, 3.05) is 6.54 Å². The molecule has 4 nitrogen and oxygen atoms in total. The van der Waals surface area contributed by atoms with E-state index < -0.39 is 0 Å². The average molecular weight is 330 g/mol. The predicted octanol–water partition coefficient (Wildman–Crippen LogP) is 3.88. The topological polar surface area (TPSA) is 55.1 Å². The standard InChI is InChI=1S/C21H18N2O2/c24-20(23-11-9-15-4-3-10-22-13-15)12-17-14-25-19-8-7-16-5-1-2-6-18(16)21(17)19/h1-8,10,13-14H,9,11-12H2,(H,23,24). The quantitative estimate of drug-likeness (QED) is 0.604. The van der Waals surface area contributed by atoms with E-state index in [0.717, 1.165) is 39.3 Å². The van der Waals surface area contributed by atoms with Crippen LogP contribution in [0.25, 0.3) is 21.7 Å². The van der Waals surface area contributed by atoms with Crippen LogP contribution in [0.4, 0.5) is 0 Å². The number of nitrogens with zero attached hydrogens (tertiary/aromatic N) is 1. The third-order valence-corrected chi connectivity index (χ3v) is 4.35. The lowest BCUT2D eigenvalue weighted by atomic mass is 10.0. The Balaban J connectivity index is 1.49.